The van der Waals surface area contributed by atoms with E-state index in [9.17, 15) is 0 Å². The number of hydrogen-bond acceptors (Lipinski definition) is 1. The SMILES string of the molecule is CCCCC(CCl)COC. The first-order valence-electron chi connectivity index (χ1n) is 3.90. The maximum atomic E-state index is 5.70. The third-order valence-electron chi connectivity index (χ3n) is 1.59. The number of unbranched alkanes of at least 4 members (excludes halogenated alkanes) is 1. The van der Waals surface area contributed by atoms with Crippen LogP contribution in [0.5, 0.6) is 0 Å². The van der Waals surface area contributed by atoms with Crippen molar-refractivity contribution < 1.29 is 4.74 Å². The number of ether oxygens (including phenoxy) is 1. The normalized spacial score (nSPS) is 13.5. The standard InChI is InChI=1S/C8H17ClO/c1-3-4-5-8(6-9)7-10-2/h8H,3-7H2,1-2H3. The molecule has 1 nitrogen and oxygen atoms in total. The van der Waals surface area contributed by atoms with E-state index in [1.54, 1.807) is 7.11 Å². The van der Waals surface area contributed by atoms with Gasteiger partial charge in [-0.3, -0.25) is 0 Å². The Bertz CT molecular complexity index is 66.3. The highest BCUT2D eigenvalue weighted by atomic mass is 35.5. The van der Waals surface area contributed by atoms with Crippen LogP contribution in [0.2, 0.25) is 0 Å². The summed E-state index contributed by atoms with van der Waals surface area (Å²) in [6, 6.07) is 0. The van der Waals surface area contributed by atoms with Gasteiger partial charge in [0.1, 0.15) is 0 Å². The van der Waals surface area contributed by atoms with Gasteiger partial charge in [-0.05, 0) is 12.3 Å². The van der Waals surface area contributed by atoms with Gasteiger partial charge in [-0.2, -0.15) is 0 Å². The fraction of sp³-hybridized carbons (Fsp3) is 1.00. The highest BCUT2D eigenvalue weighted by Gasteiger charge is 2.04. The number of alkyl halides is 1. The van der Waals surface area contributed by atoms with Crippen molar-refractivity contribution in [2.24, 2.45) is 5.92 Å². The molecule has 1 atom stereocenters. The van der Waals surface area contributed by atoms with E-state index in [1.165, 1.54) is 19.3 Å². The van der Waals surface area contributed by atoms with Crippen LogP contribution in [0.1, 0.15) is 26.2 Å². The van der Waals surface area contributed by atoms with Crippen molar-refractivity contribution in [3.8, 4) is 0 Å². The van der Waals surface area contributed by atoms with Crippen LogP contribution in [0.25, 0.3) is 0 Å². The summed E-state index contributed by atoms with van der Waals surface area (Å²) >= 11 is 5.70. The summed E-state index contributed by atoms with van der Waals surface area (Å²) in [5.74, 6) is 1.29. The maximum Gasteiger partial charge on any atom is 0.0501 e. The van der Waals surface area contributed by atoms with E-state index in [-0.39, 0.29) is 0 Å². The first-order valence-corrected chi connectivity index (χ1v) is 4.43. The van der Waals surface area contributed by atoms with Crippen molar-refractivity contribution >= 4 is 11.6 Å². The molecule has 0 aliphatic heterocycles. The lowest BCUT2D eigenvalue weighted by molar-refractivity contribution is 0.156. The van der Waals surface area contributed by atoms with Crippen molar-refractivity contribution in [1.29, 1.82) is 0 Å². The highest BCUT2D eigenvalue weighted by Crippen LogP contribution is 2.10. The van der Waals surface area contributed by atoms with E-state index in [4.69, 9.17) is 16.3 Å². The van der Waals surface area contributed by atoms with Gasteiger partial charge < -0.3 is 4.74 Å². The van der Waals surface area contributed by atoms with Gasteiger partial charge >= 0.3 is 0 Å². The topological polar surface area (TPSA) is 9.23 Å². The molecule has 1 unspecified atom stereocenters. The molecule has 0 fully saturated rings. The second-order valence-electron chi connectivity index (χ2n) is 2.62. The summed E-state index contributed by atoms with van der Waals surface area (Å²) in [4.78, 5) is 0. The number of methoxy groups -OCH3 is 1. The molecule has 0 aromatic carbocycles. The van der Waals surface area contributed by atoms with E-state index < -0.39 is 0 Å². The largest absolute Gasteiger partial charge is 0.384 e. The van der Waals surface area contributed by atoms with Crippen LogP contribution in [0, 0.1) is 5.92 Å². The molecule has 0 bridgehead atoms. The average Bonchev–Trinajstić information content (AvgIpc) is 1.98. The van der Waals surface area contributed by atoms with Gasteiger partial charge in [0, 0.05) is 13.0 Å². The Labute approximate surface area is 68.7 Å². The fourth-order valence-corrected chi connectivity index (χ4v) is 1.18. The summed E-state index contributed by atoms with van der Waals surface area (Å²) in [5, 5.41) is 0. The molecule has 0 radical (unpaired) electrons. The van der Waals surface area contributed by atoms with Crippen LogP contribution < -0.4 is 0 Å². The lowest BCUT2D eigenvalue weighted by atomic mass is 10.1. The molecule has 0 aliphatic rings. The molecule has 0 saturated heterocycles. The Kier molecular flexibility index (Phi) is 7.54. The molecule has 0 aromatic rings. The predicted molar refractivity (Wildman–Crippen MR) is 45.6 cm³/mol. The van der Waals surface area contributed by atoms with Gasteiger partial charge in [-0.1, -0.05) is 19.8 Å². The van der Waals surface area contributed by atoms with Gasteiger partial charge in [-0.15, -0.1) is 11.6 Å². The van der Waals surface area contributed by atoms with E-state index >= 15 is 0 Å². The van der Waals surface area contributed by atoms with E-state index in [1.807, 2.05) is 0 Å². The predicted octanol–water partition coefficient (Wildman–Crippen LogP) is 2.68. The Morgan fingerprint density at radius 1 is 1.50 bits per heavy atom. The molecule has 0 N–H and O–H groups in total. The van der Waals surface area contributed by atoms with Crippen molar-refractivity contribution in [2.75, 3.05) is 19.6 Å². The average molecular weight is 165 g/mol. The van der Waals surface area contributed by atoms with E-state index in [0.717, 1.165) is 12.5 Å². The van der Waals surface area contributed by atoms with Crippen molar-refractivity contribution in [1.82, 2.24) is 0 Å². The lowest BCUT2D eigenvalue weighted by Gasteiger charge is -2.10. The zero-order chi connectivity index (χ0) is 7.82. The summed E-state index contributed by atoms with van der Waals surface area (Å²) in [7, 11) is 1.73. The third-order valence-corrected chi connectivity index (χ3v) is 2.02. The molecule has 0 aromatic heterocycles. The van der Waals surface area contributed by atoms with Crippen LogP contribution in [0.3, 0.4) is 0 Å². The smallest absolute Gasteiger partial charge is 0.0501 e. The van der Waals surface area contributed by atoms with Crippen molar-refractivity contribution in [3.05, 3.63) is 0 Å². The summed E-state index contributed by atoms with van der Waals surface area (Å²) < 4.78 is 5.01. The molecular formula is C8H17ClO. The second-order valence-corrected chi connectivity index (χ2v) is 2.93. The third kappa shape index (κ3) is 5.07. The molecule has 0 heterocycles. The van der Waals surface area contributed by atoms with Gasteiger partial charge in [0.2, 0.25) is 0 Å². The Morgan fingerprint density at radius 3 is 2.60 bits per heavy atom. The number of hydrogen-bond donors (Lipinski definition) is 0. The van der Waals surface area contributed by atoms with Crippen LogP contribution in [-0.4, -0.2) is 19.6 Å². The molecule has 0 saturated carbocycles. The molecule has 0 spiro atoms. The maximum absolute atomic E-state index is 5.70. The number of halogens is 1. The summed E-state index contributed by atoms with van der Waals surface area (Å²) in [6.07, 6.45) is 3.71. The Morgan fingerprint density at radius 2 is 2.20 bits per heavy atom. The van der Waals surface area contributed by atoms with E-state index in [2.05, 4.69) is 6.92 Å². The number of rotatable bonds is 6. The minimum Gasteiger partial charge on any atom is -0.384 e. The van der Waals surface area contributed by atoms with Crippen LogP contribution in [-0.2, 0) is 4.74 Å². The molecule has 0 amide bonds. The molecule has 2 heteroatoms. The lowest BCUT2D eigenvalue weighted by Crippen LogP contribution is -2.09. The van der Waals surface area contributed by atoms with E-state index in [0.29, 0.717) is 5.92 Å². The molecule has 0 rings (SSSR count). The van der Waals surface area contributed by atoms with Gasteiger partial charge in [-0.25, -0.2) is 0 Å². The van der Waals surface area contributed by atoms with Crippen molar-refractivity contribution in [3.63, 3.8) is 0 Å². The van der Waals surface area contributed by atoms with Gasteiger partial charge in [0.15, 0.2) is 0 Å². The molecule has 62 valence electrons. The second kappa shape index (κ2) is 7.36. The van der Waals surface area contributed by atoms with Crippen LogP contribution in [0.15, 0.2) is 0 Å². The fourth-order valence-electron chi connectivity index (χ4n) is 0.934. The first kappa shape index (κ1) is 10.2. The molecular weight excluding hydrogens is 148 g/mol. The minimum atomic E-state index is 0.562. The minimum absolute atomic E-state index is 0.562. The highest BCUT2D eigenvalue weighted by molar-refractivity contribution is 6.18. The zero-order valence-electron chi connectivity index (χ0n) is 6.90. The van der Waals surface area contributed by atoms with Crippen molar-refractivity contribution in [2.45, 2.75) is 26.2 Å². The van der Waals surface area contributed by atoms with Gasteiger partial charge in [0.05, 0.1) is 6.61 Å². The first-order chi connectivity index (χ1) is 4.85. The summed E-state index contributed by atoms with van der Waals surface area (Å²) in [6.45, 7) is 3.00. The van der Waals surface area contributed by atoms with Crippen LogP contribution >= 0.6 is 11.6 Å². The zero-order valence-corrected chi connectivity index (χ0v) is 7.66. The Balaban J connectivity index is 3.21. The Hall–Kier alpha value is 0.250. The van der Waals surface area contributed by atoms with Gasteiger partial charge in [0.25, 0.3) is 0 Å². The summed E-state index contributed by atoms with van der Waals surface area (Å²) in [5.41, 5.74) is 0. The van der Waals surface area contributed by atoms with Crippen LogP contribution in [0.4, 0.5) is 0 Å². The quantitative estimate of drug-likeness (QED) is 0.549. The molecule has 10 heavy (non-hydrogen) atoms. The monoisotopic (exact) mass is 164 g/mol. The molecule has 0 aliphatic carbocycles.